The van der Waals surface area contributed by atoms with Gasteiger partial charge in [-0.25, -0.2) is 0 Å². The van der Waals surface area contributed by atoms with E-state index in [-0.39, 0.29) is 11.6 Å². The Kier molecular flexibility index (Phi) is 6.50. The second-order valence-electron chi connectivity index (χ2n) is 8.79. The summed E-state index contributed by atoms with van der Waals surface area (Å²) in [6.07, 6.45) is 6.52. The molecular formula is C28H26N4O3. The van der Waals surface area contributed by atoms with Crippen LogP contribution in [0.4, 0.5) is 17.1 Å². The normalized spacial score (nSPS) is 17.8. The van der Waals surface area contributed by atoms with Crippen LogP contribution in [0, 0.1) is 10.1 Å². The number of hydrogen-bond donors (Lipinski definition) is 1. The van der Waals surface area contributed by atoms with Crippen molar-refractivity contribution in [2.45, 2.75) is 18.8 Å². The van der Waals surface area contributed by atoms with Crippen molar-refractivity contribution in [3.05, 3.63) is 112 Å². The molecule has 0 fully saturated rings. The molecule has 2 aliphatic rings. The number of amides is 1. The van der Waals surface area contributed by atoms with Gasteiger partial charge in [0, 0.05) is 43.0 Å². The van der Waals surface area contributed by atoms with E-state index in [9.17, 15) is 14.9 Å². The smallest absolute Gasteiger partial charge is 0.269 e. The van der Waals surface area contributed by atoms with Crippen molar-refractivity contribution < 1.29 is 9.72 Å². The molecule has 0 aromatic heterocycles. The molecule has 35 heavy (non-hydrogen) atoms. The second-order valence-corrected chi connectivity index (χ2v) is 8.79. The number of carbonyl (C=O) groups excluding carboxylic acids is 1. The summed E-state index contributed by atoms with van der Waals surface area (Å²) in [5.74, 6) is -0.977. The average Bonchev–Trinajstić information content (AvgIpc) is 3.22. The summed E-state index contributed by atoms with van der Waals surface area (Å²) in [4.78, 5) is 31.3. The molecule has 1 amide bonds. The number of benzene rings is 3. The van der Waals surface area contributed by atoms with Crippen LogP contribution < -0.4 is 5.32 Å². The molecule has 0 saturated carbocycles. The number of carbonyl (C=O) groups is 1. The second kappa shape index (κ2) is 10.0. The first-order valence-corrected chi connectivity index (χ1v) is 11.8. The van der Waals surface area contributed by atoms with E-state index in [0.29, 0.717) is 17.0 Å². The Hall–Kier alpha value is -4.10. The number of anilines is 1. The molecule has 2 aliphatic heterocycles. The van der Waals surface area contributed by atoms with Gasteiger partial charge in [-0.15, -0.1) is 0 Å². The lowest BCUT2D eigenvalue weighted by molar-refractivity contribution is -0.384. The lowest BCUT2D eigenvalue weighted by atomic mass is 9.90. The lowest BCUT2D eigenvalue weighted by Crippen LogP contribution is -2.29. The van der Waals surface area contributed by atoms with Crippen molar-refractivity contribution in [3.63, 3.8) is 0 Å². The molecule has 2 heterocycles. The molecule has 0 aliphatic carbocycles. The van der Waals surface area contributed by atoms with E-state index < -0.39 is 10.8 Å². The molecule has 1 N–H and O–H groups in total. The van der Waals surface area contributed by atoms with Gasteiger partial charge >= 0.3 is 0 Å². The molecule has 3 aromatic rings. The number of aliphatic imine (C=N–C) groups is 1. The zero-order valence-electron chi connectivity index (χ0n) is 19.3. The summed E-state index contributed by atoms with van der Waals surface area (Å²) in [7, 11) is 0. The molecule has 0 spiro atoms. The summed E-state index contributed by atoms with van der Waals surface area (Å²) >= 11 is 0. The fourth-order valence-electron chi connectivity index (χ4n) is 4.60. The predicted octanol–water partition coefficient (Wildman–Crippen LogP) is 5.26. The number of nitro benzene ring substituents is 1. The van der Waals surface area contributed by atoms with Crippen molar-refractivity contribution in [1.82, 2.24) is 4.90 Å². The van der Waals surface area contributed by atoms with Gasteiger partial charge in [-0.05, 0) is 42.2 Å². The molecule has 1 unspecified atom stereocenters. The minimum Gasteiger partial charge on any atom is -0.325 e. The molecule has 7 heteroatoms. The number of nitrogens with one attached hydrogen (secondary N) is 1. The third-order valence-electron chi connectivity index (χ3n) is 6.46. The van der Waals surface area contributed by atoms with E-state index in [1.807, 2.05) is 42.5 Å². The van der Waals surface area contributed by atoms with Gasteiger partial charge in [0.15, 0.2) is 0 Å². The predicted molar refractivity (Wildman–Crippen MR) is 137 cm³/mol. The minimum atomic E-state index is -0.737. The van der Waals surface area contributed by atoms with Crippen molar-refractivity contribution >= 4 is 28.7 Å². The highest BCUT2D eigenvalue weighted by Crippen LogP contribution is 2.38. The highest BCUT2D eigenvalue weighted by molar-refractivity contribution is 6.24. The third kappa shape index (κ3) is 5.05. The Bertz CT molecular complexity index is 1300. The zero-order chi connectivity index (χ0) is 24.2. The largest absolute Gasteiger partial charge is 0.325 e. The number of nitrogens with zero attached hydrogens (tertiary/aromatic N) is 3. The number of non-ortho nitro benzene ring substituents is 1. The fraction of sp³-hybridized carbons (Fsp3) is 0.214. The minimum absolute atomic E-state index is 0.0498. The SMILES string of the molecule is O=C1Nc2ccc([N+](=O)[O-])cc2C1C(=Nc1ccc(CCN2CC=CCC2)cc1)c1ccccc1. The Morgan fingerprint density at radius 3 is 2.57 bits per heavy atom. The van der Waals surface area contributed by atoms with Crippen LogP contribution in [0.5, 0.6) is 0 Å². The molecule has 7 nitrogen and oxygen atoms in total. The zero-order valence-corrected chi connectivity index (χ0v) is 19.3. The first kappa shape index (κ1) is 22.7. The van der Waals surface area contributed by atoms with Crippen molar-refractivity contribution in [1.29, 1.82) is 0 Å². The van der Waals surface area contributed by atoms with Crippen LogP contribution in [-0.4, -0.2) is 41.1 Å². The Labute approximate surface area is 204 Å². The molecule has 5 rings (SSSR count). The van der Waals surface area contributed by atoms with Crippen LogP contribution in [0.2, 0.25) is 0 Å². The van der Waals surface area contributed by atoms with E-state index in [4.69, 9.17) is 4.99 Å². The maximum absolute atomic E-state index is 13.0. The van der Waals surface area contributed by atoms with Crippen molar-refractivity contribution in [3.8, 4) is 0 Å². The maximum atomic E-state index is 13.0. The first-order valence-electron chi connectivity index (χ1n) is 11.8. The maximum Gasteiger partial charge on any atom is 0.269 e. The van der Waals surface area contributed by atoms with Crippen LogP contribution in [0.25, 0.3) is 0 Å². The standard InChI is InChI=1S/C28H26N4O3/c33-28-26(24-19-23(32(34)35)13-14-25(24)30-28)27(21-7-3-1-4-8-21)29-22-11-9-20(10-12-22)15-18-31-16-5-2-6-17-31/h1-5,7-14,19,26H,6,15-18H2,(H,30,33). The average molecular weight is 467 g/mol. The van der Waals surface area contributed by atoms with Crippen LogP contribution in [-0.2, 0) is 11.2 Å². The Balaban J connectivity index is 1.45. The first-order chi connectivity index (χ1) is 17.1. The van der Waals surface area contributed by atoms with Crippen molar-refractivity contribution in [2.75, 3.05) is 25.0 Å². The fourth-order valence-corrected chi connectivity index (χ4v) is 4.60. The van der Waals surface area contributed by atoms with Gasteiger partial charge in [-0.2, -0.15) is 0 Å². The molecule has 1 atom stereocenters. The van der Waals surface area contributed by atoms with Crippen LogP contribution in [0.1, 0.15) is 29.0 Å². The molecule has 176 valence electrons. The molecule has 0 bridgehead atoms. The van der Waals surface area contributed by atoms with E-state index >= 15 is 0 Å². The van der Waals surface area contributed by atoms with Crippen molar-refractivity contribution in [2.24, 2.45) is 4.99 Å². The molecular weight excluding hydrogens is 440 g/mol. The highest BCUT2D eigenvalue weighted by atomic mass is 16.6. The summed E-state index contributed by atoms with van der Waals surface area (Å²) in [6.45, 7) is 3.12. The van der Waals surface area contributed by atoms with E-state index in [1.165, 1.54) is 17.7 Å². The van der Waals surface area contributed by atoms with Gasteiger partial charge in [-0.3, -0.25) is 24.8 Å². The van der Waals surface area contributed by atoms with Gasteiger partial charge < -0.3 is 5.32 Å². The van der Waals surface area contributed by atoms with Gasteiger partial charge in [0.05, 0.1) is 16.3 Å². The third-order valence-corrected chi connectivity index (χ3v) is 6.46. The summed E-state index contributed by atoms with van der Waals surface area (Å²) in [6, 6.07) is 22.0. The van der Waals surface area contributed by atoms with E-state index in [1.54, 1.807) is 6.07 Å². The number of hydrogen-bond acceptors (Lipinski definition) is 5. The number of fused-ring (bicyclic) bond motifs is 1. The van der Waals surface area contributed by atoms with E-state index in [0.717, 1.165) is 43.7 Å². The molecule has 0 radical (unpaired) electrons. The summed E-state index contributed by atoms with van der Waals surface area (Å²) < 4.78 is 0. The molecule has 0 saturated heterocycles. The van der Waals surface area contributed by atoms with Gasteiger partial charge in [-0.1, -0.05) is 54.6 Å². The quantitative estimate of drug-likeness (QED) is 0.223. The van der Waals surface area contributed by atoms with E-state index in [2.05, 4.69) is 34.5 Å². The number of rotatable bonds is 7. The van der Waals surface area contributed by atoms with Crippen LogP contribution >= 0.6 is 0 Å². The highest BCUT2D eigenvalue weighted by Gasteiger charge is 2.36. The monoisotopic (exact) mass is 466 g/mol. The van der Waals surface area contributed by atoms with Crippen LogP contribution in [0.15, 0.2) is 89.9 Å². The van der Waals surface area contributed by atoms with Gasteiger partial charge in [0.1, 0.15) is 5.92 Å². The summed E-state index contributed by atoms with van der Waals surface area (Å²) in [5, 5.41) is 14.2. The van der Waals surface area contributed by atoms with Crippen LogP contribution in [0.3, 0.4) is 0 Å². The van der Waals surface area contributed by atoms with Gasteiger partial charge in [0.25, 0.3) is 5.69 Å². The Morgan fingerprint density at radius 1 is 1.06 bits per heavy atom. The number of nitro groups is 1. The van der Waals surface area contributed by atoms with Gasteiger partial charge in [0.2, 0.25) is 5.91 Å². The Morgan fingerprint density at radius 2 is 1.86 bits per heavy atom. The molecule has 3 aromatic carbocycles. The lowest BCUT2D eigenvalue weighted by Gasteiger charge is -2.22. The summed E-state index contributed by atoms with van der Waals surface area (Å²) in [5.41, 5.74) is 4.44. The topological polar surface area (TPSA) is 87.8 Å².